The molecular formula is C18H17Cl3FNO5S. The van der Waals surface area contributed by atoms with Crippen LogP contribution in [0, 0.1) is 5.82 Å². The van der Waals surface area contributed by atoms with Crippen LogP contribution in [0.5, 0.6) is 5.75 Å². The maximum Gasteiger partial charge on any atom is 0.303 e. The molecular weight excluding hydrogens is 468 g/mol. The van der Waals surface area contributed by atoms with Gasteiger partial charge >= 0.3 is 5.97 Å². The Labute approximate surface area is 182 Å². The van der Waals surface area contributed by atoms with Gasteiger partial charge in [0.05, 0.1) is 21.5 Å². The first-order valence-electron chi connectivity index (χ1n) is 8.33. The van der Waals surface area contributed by atoms with Gasteiger partial charge in [-0.3, -0.25) is 9.52 Å². The lowest BCUT2D eigenvalue weighted by Gasteiger charge is -2.14. The first-order chi connectivity index (χ1) is 13.5. The largest absolute Gasteiger partial charge is 0.486 e. The van der Waals surface area contributed by atoms with Gasteiger partial charge in [0.15, 0.2) is 11.6 Å². The lowest BCUT2D eigenvalue weighted by atomic mass is 10.1. The second-order valence-electron chi connectivity index (χ2n) is 6.00. The fourth-order valence-electron chi connectivity index (χ4n) is 2.36. The first-order valence-corrected chi connectivity index (χ1v) is 11.1. The number of halogens is 4. The number of ether oxygens (including phenoxy) is 1. The number of carboxylic acid groups (broad SMARTS) is 1. The topological polar surface area (TPSA) is 92.7 Å². The molecule has 0 aromatic heterocycles. The molecule has 0 bridgehead atoms. The monoisotopic (exact) mass is 483 g/mol. The van der Waals surface area contributed by atoms with Crippen LogP contribution in [-0.2, 0) is 27.8 Å². The van der Waals surface area contributed by atoms with Crippen molar-refractivity contribution in [1.29, 1.82) is 0 Å². The molecule has 0 heterocycles. The second kappa shape index (κ2) is 9.84. The van der Waals surface area contributed by atoms with E-state index < -0.39 is 21.8 Å². The van der Waals surface area contributed by atoms with Gasteiger partial charge < -0.3 is 9.84 Å². The summed E-state index contributed by atoms with van der Waals surface area (Å²) in [7, 11) is -3.70. The molecule has 2 aromatic carbocycles. The summed E-state index contributed by atoms with van der Waals surface area (Å²) < 4.78 is 45.8. The van der Waals surface area contributed by atoms with Crippen LogP contribution in [-0.4, -0.2) is 25.2 Å². The number of hydrogen-bond donors (Lipinski definition) is 2. The van der Waals surface area contributed by atoms with Crippen LogP contribution in [0.3, 0.4) is 0 Å². The highest BCUT2D eigenvalue weighted by Crippen LogP contribution is 2.36. The van der Waals surface area contributed by atoms with Gasteiger partial charge in [0.2, 0.25) is 10.0 Å². The van der Waals surface area contributed by atoms with Crippen LogP contribution >= 0.6 is 34.8 Å². The van der Waals surface area contributed by atoms with E-state index >= 15 is 0 Å². The molecule has 0 fully saturated rings. The van der Waals surface area contributed by atoms with E-state index in [-0.39, 0.29) is 57.3 Å². The van der Waals surface area contributed by atoms with E-state index in [1.807, 2.05) is 0 Å². The van der Waals surface area contributed by atoms with Crippen LogP contribution in [0.2, 0.25) is 15.1 Å². The highest BCUT2D eigenvalue weighted by atomic mass is 35.5. The number of anilines is 1. The van der Waals surface area contributed by atoms with Crippen molar-refractivity contribution in [2.75, 3.05) is 10.5 Å². The van der Waals surface area contributed by atoms with Crippen LogP contribution in [0.15, 0.2) is 24.3 Å². The summed E-state index contributed by atoms with van der Waals surface area (Å²) in [6.07, 6.45) is 0.149. The highest BCUT2D eigenvalue weighted by Gasteiger charge is 2.17. The van der Waals surface area contributed by atoms with Crippen molar-refractivity contribution < 1.29 is 27.4 Å². The molecule has 0 unspecified atom stereocenters. The molecule has 11 heteroatoms. The first kappa shape index (κ1) is 23.5. The number of benzene rings is 2. The summed E-state index contributed by atoms with van der Waals surface area (Å²) >= 11 is 18.3. The molecule has 0 atom stereocenters. The fourth-order valence-corrected chi connectivity index (χ4v) is 3.87. The minimum absolute atomic E-state index is 0.00612. The van der Waals surface area contributed by atoms with Crippen molar-refractivity contribution in [3.05, 3.63) is 56.3 Å². The van der Waals surface area contributed by atoms with Gasteiger partial charge in [-0.1, -0.05) is 34.8 Å². The molecule has 0 aliphatic rings. The molecule has 0 aliphatic heterocycles. The summed E-state index contributed by atoms with van der Waals surface area (Å²) in [5, 5.41) is 9.13. The van der Waals surface area contributed by atoms with E-state index in [9.17, 15) is 17.6 Å². The molecule has 29 heavy (non-hydrogen) atoms. The Morgan fingerprint density at radius 2 is 1.79 bits per heavy atom. The van der Waals surface area contributed by atoms with Gasteiger partial charge in [-0.25, -0.2) is 12.8 Å². The summed E-state index contributed by atoms with van der Waals surface area (Å²) in [6.45, 7) is 1.10. The Morgan fingerprint density at radius 1 is 1.17 bits per heavy atom. The molecule has 0 saturated heterocycles. The van der Waals surface area contributed by atoms with Crippen LogP contribution in [0.4, 0.5) is 10.1 Å². The third kappa shape index (κ3) is 6.64. The van der Waals surface area contributed by atoms with E-state index in [2.05, 4.69) is 4.72 Å². The van der Waals surface area contributed by atoms with E-state index in [4.69, 9.17) is 44.6 Å². The van der Waals surface area contributed by atoms with Gasteiger partial charge in [-0.2, -0.15) is 0 Å². The van der Waals surface area contributed by atoms with Gasteiger partial charge in [0.1, 0.15) is 6.61 Å². The van der Waals surface area contributed by atoms with Crippen LogP contribution in [0.1, 0.15) is 24.5 Å². The zero-order valence-electron chi connectivity index (χ0n) is 15.1. The molecule has 2 rings (SSSR count). The quantitative estimate of drug-likeness (QED) is 0.514. The maximum absolute atomic E-state index is 14.7. The summed E-state index contributed by atoms with van der Waals surface area (Å²) in [5.41, 5.74) is 0.312. The molecule has 2 aromatic rings. The number of aryl methyl sites for hydroxylation is 1. The Bertz CT molecular complexity index is 1010. The van der Waals surface area contributed by atoms with E-state index in [0.29, 0.717) is 5.56 Å². The predicted molar refractivity (Wildman–Crippen MR) is 111 cm³/mol. The molecule has 0 spiro atoms. The fraction of sp³-hybridized carbons (Fsp3) is 0.278. The highest BCUT2D eigenvalue weighted by molar-refractivity contribution is 7.92. The molecule has 0 saturated carbocycles. The molecule has 2 N–H and O–H groups in total. The van der Waals surface area contributed by atoms with Crippen molar-refractivity contribution >= 4 is 56.5 Å². The molecule has 0 aliphatic carbocycles. The molecule has 0 radical (unpaired) electrons. The average Bonchev–Trinajstić information content (AvgIpc) is 2.62. The Balaban J connectivity index is 2.23. The number of carbonyl (C=O) groups is 1. The third-order valence-electron chi connectivity index (χ3n) is 3.82. The minimum Gasteiger partial charge on any atom is -0.486 e. The van der Waals surface area contributed by atoms with Crippen molar-refractivity contribution in [2.24, 2.45) is 0 Å². The minimum atomic E-state index is -3.70. The van der Waals surface area contributed by atoms with Crippen molar-refractivity contribution in [2.45, 2.75) is 26.4 Å². The zero-order chi connectivity index (χ0) is 21.8. The second-order valence-corrected chi connectivity index (χ2v) is 9.26. The molecule has 0 amide bonds. The molecule has 6 nitrogen and oxygen atoms in total. The Hall–Kier alpha value is -1.74. The Morgan fingerprint density at radius 3 is 2.34 bits per heavy atom. The van der Waals surface area contributed by atoms with Crippen molar-refractivity contribution in [3.63, 3.8) is 0 Å². The SMILES string of the molecule is CCS(=O)(=O)Nc1cc(Cl)cc(COc2c(Cl)cc(CCC(=O)O)cc2Cl)c1F. The third-order valence-corrected chi connectivity index (χ3v) is 5.89. The van der Waals surface area contributed by atoms with Crippen LogP contribution in [0.25, 0.3) is 0 Å². The smallest absolute Gasteiger partial charge is 0.303 e. The van der Waals surface area contributed by atoms with Gasteiger partial charge in [-0.15, -0.1) is 0 Å². The number of nitrogens with one attached hydrogen (secondary N) is 1. The maximum atomic E-state index is 14.7. The number of carboxylic acids is 1. The van der Waals surface area contributed by atoms with Crippen molar-refractivity contribution in [1.82, 2.24) is 0 Å². The average molecular weight is 485 g/mol. The standard InChI is InChI=1S/C18H17Cl3FNO5S/c1-2-29(26,27)23-15-8-12(19)7-11(17(15)22)9-28-18-13(20)5-10(6-14(18)21)3-4-16(24)25/h5-8,23H,2-4,9H2,1H3,(H,24,25). The predicted octanol–water partition coefficient (Wildman–Crippen LogP) is 5.14. The summed E-state index contributed by atoms with van der Waals surface area (Å²) in [6, 6.07) is 5.48. The van der Waals surface area contributed by atoms with E-state index in [1.165, 1.54) is 25.1 Å². The van der Waals surface area contributed by atoms with Gasteiger partial charge in [0.25, 0.3) is 0 Å². The lowest BCUT2D eigenvalue weighted by molar-refractivity contribution is -0.136. The normalized spacial score (nSPS) is 11.3. The lowest BCUT2D eigenvalue weighted by Crippen LogP contribution is -2.16. The van der Waals surface area contributed by atoms with Crippen LogP contribution < -0.4 is 9.46 Å². The number of rotatable bonds is 9. The number of hydrogen-bond acceptors (Lipinski definition) is 4. The molecule has 158 valence electrons. The summed E-state index contributed by atoms with van der Waals surface area (Å²) in [4.78, 5) is 10.7. The van der Waals surface area contributed by atoms with Crippen molar-refractivity contribution in [3.8, 4) is 5.75 Å². The number of aliphatic carboxylic acids is 1. The van der Waals surface area contributed by atoms with Gasteiger partial charge in [0, 0.05) is 17.0 Å². The number of sulfonamides is 1. The van der Waals surface area contributed by atoms with E-state index in [1.54, 1.807) is 0 Å². The Kier molecular flexibility index (Phi) is 7.99. The van der Waals surface area contributed by atoms with E-state index in [0.717, 1.165) is 6.07 Å². The zero-order valence-corrected chi connectivity index (χ0v) is 18.2. The van der Waals surface area contributed by atoms with Gasteiger partial charge in [-0.05, 0) is 43.2 Å². The summed E-state index contributed by atoms with van der Waals surface area (Å²) in [5.74, 6) is -1.94.